The summed E-state index contributed by atoms with van der Waals surface area (Å²) < 4.78 is 31.5. The van der Waals surface area contributed by atoms with E-state index in [2.05, 4.69) is 20.8 Å². The molecule has 20 heavy (non-hydrogen) atoms. The number of rotatable bonds is 3. The van der Waals surface area contributed by atoms with Gasteiger partial charge in [0.2, 0.25) is 5.09 Å². The zero-order chi connectivity index (χ0) is 15.0. The van der Waals surface area contributed by atoms with Crippen molar-refractivity contribution in [2.75, 3.05) is 13.1 Å². The molecule has 1 saturated heterocycles. The molecule has 6 heteroatoms. The quantitative estimate of drug-likeness (QED) is 0.929. The molecule has 0 aliphatic carbocycles. The van der Waals surface area contributed by atoms with E-state index in [4.69, 9.17) is 9.52 Å². The molecular formula is C14H23NO4S. The van der Waals surface area contributed by atoms with Crippen molar-refractivity contribution in [3.63, 3.8) is 0 Å². The molecule has 1 fully saturated rings. The van der Waals surface area contributed by atoms with Crippen LogP contribution in [0.15, 0.2) is 21.6 Å². The average Bonchev–Trinajstić information content (AvgIpc) is 2.87. The van der Waals surface area contributed by atoms with Crippen LogP contribution in [0.1, 0.15) is 39.4 Å². The molecule has 1 aromatic heterocycles. The highest BCUT2D eigenvalue weighted by molar-refractivity contribution is 7.89. The van der Waals surface area contributed by atoms with E-state index in [1.807, 2.05) is 0 Å². The second kappa shape index (κ2) is 5.50. The van der Waals surface area contributed by atoms with E-state index in [-0.39, 0.29) is 22.9 Å². The van der Waals surface area contributed by atoms with Crippen LogP contribution in [0.2, 0.25) is 0 Å². The largest absolute Gasteiger partial charge is 0.446 e. The van der Waals surface area contributed by atoms with Crippen molar-refractivity contribution in [3.05, 3.63) is 17.9 Å². The zero-order valence-corrected chi connectivity index (χ0v) is 13.1. The smallest absolute Gasteiger partial charge is 0.276 e. The summed E-state index contributed by atoms with van der Waals surface area (Å²) in [6.07, 6.45) is 1.74. The molecule has 1 aliphatic rings. The Hall–Kier alpha value is -0.850. The number of hydrogen-bond acceptors (Lipinski definition) is 4. The summed E-state index contributed by atoms with van der Waals surface area (Å²) in [4.78, 5) is 0. The summed E-state index contributed by atoms with van der Waals surface area (Å²) in [5.74, 6) is 0.812. The van der Waals surface area contributed by atoms with E-state index in [1.165, 1.54) is 16.4 Å². The first-order chi connectivity index (χ1) is 9.25. The number of piperidine rings is 1. The lowest BCUT2D eigenvalue weighted by molar-refractivity contribution is 0.152. The predicted octanol–water partition coefficient (Wildman–Crippen LogP) is 2.22. The molecule has 1 N–H and O–H groups in total. The second-order valence-corrected chi connectivity index (χ2v) is 8.29. The lowest BCUT2D eigenvalue weighted by Gasteiger charge is -2.37. The Balaban J connectivity index is 2.09. The molecule has 0 unspecified atom stereocenters. The molecule has 1 aromatic rings. The highest BCUT2D eigenvalue weighted by atomic mass is 32.2. The second-order valence-electron chi connectivity index (χ2n) is 6.42. The lowest BCUT2D eigenvalue weighted by Crippen LogP contribution is -2.41. The first-order valence-electron chi connectivity index (χ1n) is 6.95. The SMILES string of the molecule is CC(C)(C)C1CCN(S(=O)(=O)c2ccc(CO)o2)CC1. The normalized spacial score (nSPS) is 19.4. The van der Waals surface area contributed by atoms with Gasteiger partial charge < -0.3 is 9.52 Å². The maximum atomic E-state index is 12.4. The van der Waals surface area contributed by atoms with Gasteiger partial charge in [-0.2, -0.15) is 4.31 Å². The molecule has 2 rings (SSSR count). The summed E-state index contributed by atoms with van der Waals surface area (Å²) >= 11 is 0. The van der Waals surface area contributed by atoms with Crippen LogP contribution in [0.25, 0.3) is 0 Å². The van der Waals surface area contributed by atoms with Crippen molar-refractivity contribution < 1.29 is 17.9 Å². The van der Waals surface area contributed by atoms with Crippen LogP contribution in [0.4, 0.5) is 0 Å². The molecule has 5 nitrogen and oxygen atoms in total. The van der Waals surface area contributed by atoms with E-state index in [0.717, 1.165) is 12.8 Å². The molecule has 2 heterocycles. The van der Waals surface area contributed by atoms with Crippen LogP contribution in [0, 0.1) is 11.3 Å². The number of hydrogen-bond donors (Lipinski definition) is 1. The van der Waals surface area contributed by atoms with Crippen LogP contribution in [0.5, 0.6) is 0 Å². The Kier molecular flexibility index (Phi) is 4.27. The van der Waals surface area contributed by atoms with Crippen LogP contribution < -0.4 is 0 Å². The van der Waals surface area contributed by atoms with Gasteiger partial charge in [0.15, 0.2) is 0 Å². The molecule has 0 radical (unpaired) electrons. The monoisotopic (exact) mass is 301 g/mol. The van der Waals surface area contributed by atoms with Crippen molar-refractivity contribution in [2.45, 2.75) is 45.3 Å². The fourth-order valence-corrected chi connectivity index (χ4v) is 4.07. The van der Waals surface area contributed by atoms with Gasteiger partial charge in [-0.3, -0.25) is 0 Å². The maximum absolute atomic E-state index is 12.4. The standard InChI is InChI=1S/C14H23NO4S/c1-14(2,3)11-6-8-15(9-7-11)20(17,18)13-5-4-12(10-16)19-13/h4-5,11,16H,6-10H2,1-3H3. The third kappa shape index (κ3) is 3.07. The van der Waals surface area contributed by atoms with E-state index >= 15 is 0 Å². The van der Waals surface area contributed by atoms with Gasteiger partial charge >= 0.3 is 0 Å². The summed E-state index contributed by atoms with van der Waals surface area (Å²) in [5.41, 5.74) is 0.213. The van der Waals surface area contributed by atoms with E-state index in [0.29, 0.717) is 19.0 Å². The van der Waals surface area contributed by atoms with E-state index in [9.17, 15) is 8.42 Å². The molecule has 114 valence electrons. The minimum absolute atomic E-state index is 0.0734. The fraction of sp³-hybridized carbons (Fsp3) is 0.714. The first kappa shape index (κ1) is 15.5. The Morgan fingerprint density at radius 2 is 1.90 bits per heavy atom. The van der Waals surface area contributed by atoms with Crippen LogP contribution in [0.3, 0.4) is 0 Å². The Labute approximate surface area is 120 Å². The molecule has 0 aromatic carbocycles. The van der Waals surface area contributed by atoms with Gasteiger partial charge in [-0.25, -0.2) is 8.42 Å². The van der Waals surface area contributed by atoms with E-state index in [1.54, 1.807) is 0 Å². The van der Waals surface area contributed by atoms with Gasteiger partial charge in [0.05, 0.1) is 0 Å². The molecule has 0 saturated carbocycles. The Morgan fingerprint density at radius 1 is 1.30 bits per heavy atom. The number of aliphatic hydroxyl groups excluding tert-OH is 1. The van der Waals surface area contributed by atoms with Gasteiger partial charge in [0.25, 0.3) is 10.0 Å². The van der Waals surface area contributed by atoms with Crippen LogP contribution in [-0.4, -0.2) is 30.9 Å². The topological polar surface area (TPSA) is 70.8 Å². The maximum Gasteiger partial charge on any atom is 0.276 e. The molecule has 1 aliphatic heterocycles. The van der Waals surface area contributed by atoms with Gasteiger partial charge in [-0.15, -0.1) is 0 Å². The van der Waals surface area contributed by atoms with Crippen molar-refractivity contribution in [2.24, 2.45) is 11.3 Å². The number of aliphatic hydroxyl groups is 1. The van der Waals surface area contributed by atoms with Crippen molar-refractivity contribution >= 4 is 10.0 Å². The predicted molar refractivity (Wildman–Crippen MR) is 75.6 cm³/mol. The Bertz CT molecular complexity index is 548. The number of nitrogens with zero attached hydrogens (tertiary/aromatic N) is 1. The zero-order valence-electron chi connectivity index (χ0n) is 12.3. The minimum atomic E-state index is -3.56. The summed E-state index contributed by atoms with van der Waals surface area (Å²) in [6, 6.07) is 2.91. The fourth-order valence-electron chi connectivity index (χ4n) is 2.67. The lowest BCUT2D eigenvalue weighted by atomic mass is 9.76. The molecule has 0 bridgehead atoms. The van der Waals surface area contributed by atoms with Crippen molar-refractivity contribution in [1.82, 2.24) is 4.31 Å². The highest BCUT2D eigenvalue weighted by Crippen LogP contribution is 2.35. The van der Waals surface area contributed by atoms with Crippen LogP contribution in [-0.2, 0) is 16.6 Å². The van der Waals surface area contributed by atoms with E-state index < -0.39 is 10.0 Å². The molecular weight excluding hydrogens is 278 g/mol. The number of sulfonamides is 1. The minimum Gasteiger partial charge on any atom is -0.446 e. The first-order valence-corrected chi connectivity index (χ1v) is 8.39. The third-order valence-electron chi connectivity index (χ3n) is 4.07. The molecule has 0 atom stereocenters. The summed E-state index contributed by atoms with van der Waals surface area (Å²) in [7, 11) is -3.56. The van der Waals surface area contributed by atoms with Gasteiger partial charge in [0, 0.05) is 13.1 Å². The van der Waals surface area contributed by atoms with Gasteiger partial charge in [-0.05, 0) is 36.3 Å². The molecule has 0 spiro atoms. The highest BCUT2D eigenvalue weighted by Gasteiger charge is 2.35. The summed E-state index contributed by atoms with van der Waals surface area (Å²) in [6.45, 7) is 7.35. The summed E-state index contributed by atoms with van der Waals surface area (Å²) in [5, 5.41) is 8.88. The Morgan fingerprint density at radius 3 is 2.35 bits per heavy atom. The molecule has 0 amide bonds. The van der Waals surface area contributed by atoms with Gasteiger partial charge in [0.1, 0.15) is 12.4 Å². The third-order valence-corrected chi connectivity index (χ3v) is 5.84. The van der Waals surface area contributed by atoms with Crippen molar-refractivity contribution in [3.8, 4) is 0 Å². The number of furan rings is 1. The van der Waals surface area contributed by atoms with Gasteiger partial charge in [-0.1, -0.05) is 20.8 Å². The average molecular weight is 301 g/mol. The van der Waals surface area contributed by atoms with Crippen LogP contribution >= 0.6 is 0 Å². The van der Waals surface area contributed by atoms with Crippen molar-refractivity contribution in [1.29, 1.82) is 0 Å².